The van der Waals surface area contributed by atoms with Crippen LogP contribution in [0.3, 0.4) is 0 Å². The molecule has 1 rings (SSSR count). The molecule has 1 nitrogen and oxygen atoms in total. The summed E-state index contributed by atoms with van der Waals surface area (Å²) in [5.74, 6) is 0. The summed E-state index contributed by atoms with van der Waals surface area (Å²) >= 11 is 0. The molecule has 1 heterocycles. The van der Waals surface area contributed by atoms with Crippen LogP contribution in [0.2, 0.25) is 0 Å². The SMILES string of the molecule is C=CCC=CC=CC.CCc1cc[nH]c1CC.[Ru]. The number of hydrogen-bond donors (Lipinski definition) is 1. The van der Waals surface area contributed by atoms with Crippen LogP contribution >= 0.6 is 0 Å². The van der Waals surface area contributed by atoms with Gasteiger partial charge in [0.1, 0.15) is 0 Å². The third kappa shape index (κ3) is 9.18. The quantitative estimate of drug-likeness (QED) is 0.451. The van der Waals surface area contributed by atoms with Crippen LogP contribution in [0.5, 0.6) is 0 Å². The zero-order valence-corrected chi connectivity index (χ0v) is 13.5. The van der Waals surface area contributed by atoms with Gasteiger partial charge in [-0.15, -0.1) is 6.58 Å². The van der Waals surface area contributed by atoms with Crippen molar-refractivity contribution < 1.29 is 19.5 Å². The van der Waals surface area contributed by atoms with Gasteiger partial charge in [-0.25, -0.2) is 0 Å². The van der Waals surface area contributed by atoms with Crippen LogP contribution in [0.15, 0.2) is 49.2 Å². The third-order valence-electron chi connectivity index (χ3n) is 2.41. The van der Waals surface area contributed by atoms with Crippen molar-refractivity contribution in [2.45, 2.75) is 40.0 Å². The Morgan fingerprint density at radius 2 is 1.94 bits per heavy atom. The number of hydrogen-bond acceptors (Lipinski definition) is 0. The maximum absolute atomic E-state index is 3.58. The second kappa shape index (κ2) is 14.2. The first-order valence-electron chi connectivity index (χ1n) is 6.33. The third-order valence-corrected chi connectivity index (χ3v) is 2.41. The minimum Gasteiger partial charge on any atom is -0.365 e. The van der Waals surface area contributed by atoms with Crippen LogP contribution in [-0.2, 0) is 32.3 Å². The second-order valence-electron chi connectivity index (χ2n) is 3.67. The van der Waals surface area contributed by atoms with Gasteiger partial charge < -0.3 is 4.98 Å². The maximum Gasteiger partial charge on any atom is 0.0176 e. The van der Waals surface area contributed by atoms with E-state index in [2.05, 4.69) is 37.6 Å². The fraction of sp³-hybridized carbons (Fsp3) is 0.375. The molecule has 2 heteroatoms. The number of aromatic nitrogens is 1. The molecule has 0 aliphatic heterocycles. The molecule has 0 radical (unpaired) electrons. The summed E-state index contributed by atoms with van der Waals surface area (Å²) in [6.45, 7) is 9.94. The van der Waals surface area contributed by atoms with Crippen molar-refractivity contribution in [1.29, 1.82) is 0 Å². The normalized spacial score (nSPS) is 9.94. The number of allylic oxidation sites excluding steroid dienone is 5. The molecule has 0 fully saturated rings. The number of aryl methyl sites for hydroxylation is 2. The smallest absolute Gasteiger partial charge is 0.0176 e. The van der Waals surface area contributed by atoms with Crippen LogP contribution in [-0.4, -0.2) is 4.98 Å². The number of rotatable bonds is 5. The summed E-state index contributed by atoms with van der Waals surface area (Å²) in [7, 11) is 0. The maximum atomic E-state index is 3.58. The first-order valence-corrected chi connectivity index (χ1v) is 6.33. The molecule has 1 aromatic heterocycles. The van der Waals surface area contributed by atoms with Gasteiger partial charge in [-0.05, 0) is 37.8 Å². The van der Waals surface area contributed by atoms with E-state index in [0.29, 0.717) is 0 Å². The number of aromatic amines is 1. The Kier molecular flexibility index (Phi) is 15.3. The fourth-order valence-corrected chi connectivity index (χ4v) is 1.46. The zero-order valence-electron chi connectivity index (χ0n) is 11.7. The molecule has 0 saturated heterocycles. The predicted octanol–water partition coefficient (Wildman–Crippen LogP) is 4.83. The van der Waals surface area contributed by atoms with E-state index in [-0.39, 0.29) is 19.5 Å². The van der Waals surface area contributed by atoms with Crippen molar-refractivity contribution in [2.24, 2.45) is 0 Å². The minimum absolute atomic E-state index is 0. The Bertz CT molecular complexity index is 329. The van der Waals surface area contributed by atoms with E-state index in [1.165, 1.54) is 11.3 Å². The van der Waals surface area contributed by atoms with E-state index in [0.717, 1.165) is 19.3 Å². The van der Waals surface area contributed by atoms with Crippen LogP contribution < -0.4 is 0 Å². The molecule has 0 spiro atoms. The monoisotopic (exact) mass is 333 g/mol. The largest absolute Gasteiger partial charge is 0.365 e. The van der Waals surface area contributed by atoms with Gasteiger partial charge in [0.2, 0.25) is 0 Å². The van der Waals surface area contributed by atoms with Crippen molar-refractivity contribution in [3.63, 3.8) is 0 Å². The van der Waals surface area contributed by atoms with Crippen LogP contribution in [0.4, 0.5) is 0 Å². The van der Waals surface area contributed by atoms with E-state index in [1.807, 2.05) is 37.4 Å². The molecule has 0 saturated carbocycles. The van der Waals surface area contributed by atoms with Crippen molar-refractivity contribution >= 4 is 0 Å². The number of H-pyrrole nitrogens is 1. The Labute approximate surface area is 125 Å². The molecule has 0 atom stereocenters. The van der Waals surface area contributed by atoms with Crippen molar-refractivity contribution in [2.75, 3.05) is 0 Å². The van der Waals surface area contributed by atoms with E-state index < -0.39 is 0 Å². The summed E-state index contributed by atoms with van der Waals surface area (Å²) in [5, 5.41) is 0. The molecule has 0 unspecified atom stereocenters. The van der Waals surface area contributed by atoms with Crippen molar-refractivity contribution in [1.82, 2.24) is 4.98 Å². The molecule has 0 aliphatic rings. The average Bonchev–Trinajstić information content (AvgIpc) is 2.83. The van der Waals surface area contributed by atoms with Gasteiger partial charge in [0.25, 0.3) is 0 Å². The topological polar surface area (TPSA) is 15.8 Å². The molecule has 0 aliphatic carbocycles. The van der Waals surface area contributed by atoms with Gasteiger partial charge in [0.15, 0.2) is 0 Å². The van der Waals surface area contributed by atoms with Gasteiger partial charge in [-0.1, -0.05) is 44.2 Å². The van der Waals surface area contributed by atoms with Gasteiger partial charge in [0.05, 0.1) is 0 Å². The summed E-state index contributed by atoms with van der Waals surface area (Å²) in [6.07, 6.45) is 15.2. The van der Waals surface area contributed by atoms with Gasteiger partial charge in [0, 0.05) is 31.4 Å². The molecule has 1 aromatic rings. The first kappa shape index (κ1) is 19.5. The van der Waals surface area contributed by atoms with Crippen molar-refractivity contribution in [3.05, 3.63) is 60.5 Å². The number of nitrogens with one attached hydrogen (secondary N) is 1. The standard InChI is InChI=1S/C8H13N.C8H12.Ru/c1-3-7-5-6-9-8(7)4-2;1-3-5-7-8-6-4-2;/h5-6,9H,3-4H2,1-2H3;3-4,6-8H,1,5H2,2H3;. The van der Waals surface area contributed by atoms with E-state index in [4.69, 9.17) is 0 Å². The van der Waals surface area contributed by atoms with E-state index >= 15 is 0 Å². The van der Waals surface area contributed by atoms with E-state index in [9.17, 15) is 0 Å². The molecule has 1 N–H and O–H groups in total. The van der Waals surface area contributed by atoms with E-state index in [1.54, 1.807) is 0 Å². The molecule has 102 valence electrons. The second-order valence-corrected chi connectivity index (χ2v) is 3.67. The van der Waals surface area contributed by atoms with Crippen LogP contribution in [0.25, 0.3) is 0 Å². The molecule has 18 heavy (non-hydrogen) atoms. The minimum atomic E-state index is 0. The summed E-state index contributed by atoms with van der Waals surface area (Å²) in [5.41, 5.74) is 2.84. The Balaban J connectivity index is 0. The summed E-state index contributed by atoms with van der Waals surface area (Å²) in [4.78, 5) is 3.21. The fourth-order valence-electron chi connectivity index (χ4n) is 1.46. The van der Waals surface area contributed by atoms with Gasteiger partial charge >= 0.3 is 0 Å². The summed E-state index contributed by atoms with van der Waals surface area (Å²) in [6, 6.07) is 2.15. The molecule has 0 aromatic carbocycles. The van der Waals surface area contributed by atoms with Crippen molar-refractivity contribution in [3.8, 4) is 0 Å². The Morgan fingerprint density at radius 3 is 2.39 bits per heavy atom. The van der Waals surface area contributed by atoms with Crippen LogP contribution in [0.1, 0.15) is 38.4 Å². The Morgan fingerprint density at radius 1 is 1.22 bits per heavy atom. The first-order chi connectivity index (χ1) is 8.29. The predicted molar refractivity (Wildman–Crippen MR) is 78.3 cm³/mol. The van der Waals surface area contributed by atoms with Gasteiger partial charge in [-0.2, -0.15) is 0 Å². The van der Waals surface area contributed by atoms with Crippen LogP contribution in [0, 0.1) is 0 Å². The molecule has 0 bridgehead atoms. The zero-order chi connectivity index (χ0) is 12.9. The molecular formula is C16H25NRu. The van der Waals surface area contributed by atoms with Gasteiger partial charge in [-0.3, -0.25) is 0 Å². The Hall–Kier alpha value is -0.877. The molecule has 0 amide bonds. The summed E-state index contributed by atoms with van der Waals surface area (Å²) < 4.78 is 0. The average molecular weight is 332 g/mol. The molecular weight excluding hydrogens is 307 g/mol.